The maximum absolute atomic E-state index is 15.6. The van der Waals surface area contributed by atoms with Crippen molar-refractivity contribution in [2.75, 3.05) is 33.1 Å². The first-order valence-corrected chi connectivity index (χ1v) is 14.3. The number of carbonyl (C=O) groups is 1. The molecule has 1 atom stereocenters. The number of carboxylic acid groups (broad SMARTS) is 1. The van der Waals surface area contributed by atoms with Crippen LogP contribution in [0.1, 0.15) is 34.0 Å². The highest BCUT2D eigenvalue weighted by atomic mass is 28.3. The fraction of sp³-hybridized carbons (Fsp3) is 0.241. The van der Waals surface area contributed by atoms with E-state index in [0.717, 1.165) is 56.2 Å². The molecule has 2 aromatic carbocycles. The predicted octanol–water partition coefficient (Wildman–Crippen LogP) is 5.00. The van der Waals surface area contributed by atoms with Gasteiger partial charge in [-0.25, -0.2) is 18.2 Å². The fourth-order valence-corrected chi connectivity index (χ4v) is 9.81. The van der Waals surface area contributed by atoms with Gasteiger partial charge in [0.2, 0.25) is 5.71 Å². The molecule has 7 heteroatoms. The van der Waals surface area contributed by atoms with Crippen LogP contribution in [0.5, 0.6) is 0 Å². The van der Waals surface area contributed by atoms with Gasteiger partial charge in [-0.2, -0.15) is 0 Å². The zero-order valence-electron chi connectivity index (χ0n) is 21.8. The maximum atomic E-state index is 15.6. The zero-order chi connectivity index (χ0) is 26.7. The van der Waals surface area contributed by atoms with Crippen molar-refractivity contribution in [3.63, 3.8) is 0 Å². The Morgan fingerprint density at radius 1 is 1.11 bits per heavy atom. The summed E-state index contributed by atoms with van der Waals surface area (Å²) in [6.07, 6.45) is 3.91. The number of hydrogen-bond acceptors (Lipinski definition) is 2. The Kier molecular flexibility index (Phi) is 6.25. The number of rotatable bonds is 4. The van der Waals surface area contributed by atoms with Crippen molar-refractivity contribution in [2.45, 2.75) is 20.4 Å². The highest BCUT2D eigenvalue weighted by Crippen LogP contribution is 2.46. The van der Waals surface area contributed by atoms with Gasteiger partial charge in [-0.1, -0.05) is 18.3 Å². The third kappa shape index (κ3) is 3.61. The first kappa shape index (κ1) is 25.5. The summed E-state index contributed by atoms with van der Waals surface area (Å²) in [6.45, 7) is 10.6. The Hall–Kier alpha value is -3.58. The third-order valence-corrected chi connectivity index (χ3v) is 11.5. The van der Waals surface area contributed by atoms with E-state index in [1.165, 1.54) is 0 Å². The third-order valence-electron chi connectivity index (χ3n) is 7.36. The van der Waals surface area contributed by atoms with Crippen molar-refractivity contribution in [2.24, 2.45) is 0 Å². The molecule has 0 spiro atoms. The van der Waals surface area contributed by atoms with E-state index in [-0.39, 0.29) is 5.56 Å². The molecule has 2 aromatic rings. The van der Waals surface area contributed by atoms with E-state index in [1.54, 1.807) is 0 Å². The van der Waals surface area contributed by atoms with Gasteiger partial charge in [-0.05, 0) is 65.2 Å². The van der Waals surface area contributed by atoms with Gasteiger partial charge in [-0.15, -0.1) is 6.58 Å². The van der Waals surface area contributed by atoms with E-state index < -0.39 is 31.2 Å². The van der Waals surface area contributed by atoms with Gasteiger partial charge in [0.15, 0.2) is 0 Å². The summed E-state index contributed by atoms with van der Waals surface area (Å²) in [4.78, 5) is 13.5. The highest BCUT2D eigenvalue weighted by molar-refractivity contribution is 7.03. The predicted molar refractivity (Wildman–Crippen MR) is 145 cm³/mol. The quantitative estimate of drug-likeness (QED) is 0.470. The lowest BCUT2D eigenvalue weighted by Crippen LogP contribution is -2.53. The van der Waals surface area contributed by atoms with Crippen molar-refractivity contribution in [3.8, 4) is 0 Å². The summed E-state index contributed by atoms with van der Waals surface area (Å²) in [7, 11) is 5.31. The number of aromatic carboxylic acids is 1. The summed E-state index contributed by atoms with van der Waals surface area (Å²) >= 11 is 0. The van der Waals surface area contributed by atoms with E-state index >= 15 is 8.78 Å². The van der Waals surface area contributed by atoms with Crippen molar-refractivity contribution >= 4 is 36.2 Å². The largest absolute Gasteiger partial charge is 0.478 e. The maximum Gasteiger partial charge on any atom is 0.335 e. The number of halogens is 2. The minimum Gasteiger partial charge on any atom is -0.478 e. The second-order valence-electron chi connectivity index (χ2n) is 9.95. The zero-order valence-corrected chi connectivity index (χ0v) is 22.8. The SMILES string of the molecule is C=C[Si]1(C)C2=C(C)C(=[N+](C)C)C=CC2=C(c2c(F)cc(C(=O)O)cc2F)c2ccc(N(C)C)c(C)c21. The number of hydrogen-bond donors (Lipinski definition) is 1. The normalized spacial score (nSPS) is 18.8. The van der Waals surface area contributed by atoms with Crippen molar-refractivity contribution in [1.29, 1.82) is 0 Å². The lowest BCUT2D eigenvalue weighted by Gasteiger charge is -2.41. The number of fused-ring (bicyclic) bond motifs is 2. The van der Waals surface area contributed by atoms with Crippen LogP contribution in [0.25, 0.3) is 5.57 Å². The molecule has 4 nitrogen and oxygen atoms in total. The van der Waals surface area contributed by atoms with Gasteiger partial charge in [-0.3, -0.25) is 0 Å². The molecule has 1 heterocycles. The summed E-state index contributed by atoms with van der Waals surface area (Å²) in [6, 6.07) is 5.70. The van der Waals surface area contributed by atoms with E-state index in [0.29, 0.717) is 5.57 Å². The Morgan fingerprint density at radius 3 is 2.22 bits per heavy atom. The molecule has 0 aromatic heterocycles. The first-order chi connectivity index (χ1) is 16.8. The Balaban J connectivity index is 2.25. The molecule has 0 saturated heterocycles. The summed E-state index contributed by atoms with van der Waals surface area (Å²) in [5.41, 5.74) is 7.53. The van der Waals surface area contributed by atoms with Crippen LogP contribution >= 0.6 is 0 Å². The average Bonchev–Trinajstić information content (AvgIpc) is 2.79. The molecule has 2 aliphatic rings. The molecule has 1 unspecified atom stereocenters. The molecular formula is C29H31F2N2O2Si+. The molecule has 1 N–H and O–H groups in total. The van der Waals surface area contributed by atoms with Crippen molar-refractivity contribution in [3.05, 3.63) is 98.9 Å². The summed E-state index contributed by atoms with van der Waals surface area (Å²) in [5.74, 6) is -3.17. The van der Waals surface area contributed by atoms with Gasteiger partial charge in [0.25, 0.3) is 0 Å². The molecule has 0 radical (unpaired) electrons. The molecule has 0 amide bonds. The van der Waals surface area contributed by atoms with Crippen LogP contribution in [0, 0.1) is 18.6 Å². The number of anilines is 1. The Morgan fingerprint density at radius 2 is 1.72 bits per heavy atom. The van der Waals surface area contributed by atoms with Crippen LogP contribution in [0.15, 0.2) is 65.0 Å². The fourth-order valence-electron chi connectivity index (χ4n) is 5.80. The Labute approximate surface area is 211 Å². The minimum absolute atomic E-state index is 0.211. The van der Waals surface area contributed by atoms with Gasteiger partial charge in [0, 0.05) is 37.0 Å². The monoisotopic (exact) mass is 505 g/mol. The Bertz CT molecular complexity index is 1450. The lowest BCUT2D eigenvalue weighted by atomic mass is 9.86. The molecule has 1 aliphatic carbocycles. The van der Waals surface area contributed by atoms with Gasteiger partial charge < -0.3 is 10.0 Å². The minimum atomic E-state index is -2.58. The van der Waals surface area contributed by atoms with Crippen LogP contribution < -0.4 is 10.1 Å². The number of allylic oxidation sites excluding steroid dienone is 5. The molecule has 36 heavy (non-hydrogen) atoms. The number of nitrogens with zero attached hydrogens (tertiary/aromatic N) is 2. The lowest BCUT2D eigenvalue weighted by molar-refractivity contribution is -0.463. The second kappa shape index (κ2) is 8.82. The summed E-state index contributed by atoms with van der Waals surface area (Å²) < 4.78 is 33.2. The number of benzene rings is 2. The average molecular weight is 506 g/mol. The molecule has 0 bridgehead atoms. The van der Waals surface area contributed by atoms with Gasteiger partial charge in [0.05, 0.1) is 11.1 Å². The smallest absolute Gasteiger partial charge is 0.335 e. The standard InChI is InChI=1S/C29H30F2N2O2Si/c1-9-36(8)27-16(2)23(32(4)5)12-10-19(27)25(20-11-13-24(33(6)7)17(3)28(20)36)26-21(30)14-18(29(34)35)15-22(26)31/h9-15H,1H2,2-8H3/p+1. The first-order valence-electron chi connectivity index (χ1n) is 11.7. The van der Waals surface area contributed by atoms with Crippen LogP contribution in [0.2, 0.25) is 6.55 Å². The summed E-state index contributed by atoms with van der Waals surface area (Å²) in [5, 5.41) is 11.5. The molecule has 4 rings (SSSR count). The molecular weight excluding hydrogens is 474 g/mol. The van der Waals surface area contributed by atoms with E-state index in [9.17, 15) is 9.90 Å². The molecule has 1 aliphatic heterocycles. The van der Waals surface area contributed by atoms with Crippen molar-refractivity contribution in [1.82, 2.24) is 0 Å². The van der Waals surface area contributed by atoms with E-state index in [4.69, 9.17) is 0 Å². The second-order valence-corrected chi connectivity index (χ2v) is 13.8. The molecule has 186 valence electrons. The molecule has 0 fully saturated rings. The van der Waals surface area contributed by atoms with Gasteiger partial charge in [0.1, 0.15) is 33.8 Å². The topological polar surface area (TPSA) is 43.6 Å². The van der Waals surface area contributed by atoms with E-state index in [1.807, 2.05) is 67.7 Å². The van der Waals surface area contributed by atoms with Crippen LogP contribution in [0.4, 0.5) is 14.5 Å². The number of carboxylic acids is 1. The molecule has 0 saturated carbocycles. The van der Waals surface area contributed by atoms with Crippen LogP contribution in [-0.4, -0.2) is 57.6 Å². The van der Waals surface area contributed by atoms with Gasteiger partial charge >= 0.3 is 5.97 Å². The van der Waals surface area contributed by atoms with Crippen molar-refractivity contribution < 1.29 is 23.3 Å². The van der Waals surface area contributed by atoms with E-state index in [2.05, 4.69) is 27.0 Å². The van der Waals surface area contributed by atoms with Crippen LogP contribution in [0.3, 0.4) is 0 Å². The highest BCUT2D eigenvalue weighted by Gasteiger charge is 2.45. The van der Waals surface area contributed by atoms with Crippen LogP contribution in [-0.2, 0) is 0 Å².